The van der Waals surface area contributed by atoms with Crippen LogP contribution >= 0.6 is 15.9 Å². The van der Waals surface area contributed by atoms with Crippen molar-refractivity contribution in [1.29, 1.82) is 0 Å². The normalized spacial score (nSPS) is 10.9. The third kappa shape index (κ3) is 3.42. The van der Waals surface area contributed by atoms with Gasteiger partial charge >= 0.3 is 8.05 Å². The maximum atomic E-state index is 6.00. The molecular weight excluding hydrogens is 405 g/mol. The summed E-state index contributed by atoms with van der Waals surface area (Å²) in [5, 5.41) is 5.69. The van der Waals surface area contributed by atoms with E-state index in [4.69, 9.17) is 17.4 Å². The highest BCUT2D eigenvalue weighted by molar-refractivity contribution is 9.10. The van der Waals surface area contributed by atoms with E-state index in [1.807, 2.05) is 66.3 Å². The van der Waals surface area contributed by atoms with Crippen molar-refractivity contribution in [3.63, 3.8) is 0 Å². The summed E-state index contributed by atoms with van der Waals surface area (Å²) in [5.74, 6) is 0.699. The highest BCUT2D eigenvalue weighted by Crippen LogP contribution is 2.36. The van der Waals surface area contributed by atoms with Gasteiger partial charge in [-0.25, -0.2) is 0 Å². The number of pyridine rings is 1. The van der Waals surface area contributed by atoms with Crippen LogP contribution in [0.15, 0.2) is 65.1 Å². The average molecular weight is 420 g/mol. The highest BCUT2D eigenvalue weighted by Gasteiger charge is 2.18. The van der Waals surface area contributed by atoms with Crippen LogP contribution in [0.5, 0.6) is 11.8 Å². The minimum Gasteiger partial charge on any atom is -0.555 e. The second-order valence-electron chi connectivity index (χ2n) is 6.00. The van der Waals surface area contributed by atoms with Crippen molar-refractivity contribution in [3.8, 4) is 23.0 Å². The fourth-order valence-corrected chi connectivity index (χ4v) is 3.62. The number of rotatable bonds is 5. The lowest BCUT2D eigenvalue weighted by Crippen LogP contribution is -2.01. The van der Waals surface area contributed by atoms with Crippen LogP contribution in [0.25, 0.3) is 22.2 Å². The topological polar surface area (TPSA) is 49.2 Å². The van der Waals surface area contributed by atoms with Crippen LogP contribution in [0.2, 0.25) is 0 Å². The van der Waals surface area contributed by atoms with Crippen LogP contribution in [0.3, 0.4) is 0 Å². The summed E-state index contributed by atoms with van der Waals surface area (Å²) in [6.07, 6.45) is 0. The van der Waals surface area contributed by atoms with Crippen molar-refractivity contribution in [2.24, 2.45) is 7.05 Å². The molecule has 0 aliphatic heterocycles. The van der Waals surface area contributed by atoms with E-state index in [1.165, 1.54) is 0 Å². The predicted octanol–water partition coefficient (Wildman–Crippen LogP) is 4.44. The monoisotopic (exact) mass is 419 g/mol. The van der Waals surface area contributed by atoms with Crippen LogP contribution in [-0.4, -0.2) is 22.8 Å². The van der Waals surface area contributed by atoms with Crippen LogP contribution in [0.4, 0.5) is 0 Å². The van der Waals surface area contributed by atoms with Crippen LogP contribution in [-0.2, 0) is 13.7 Å². The molecule has 0 saturated heterocycles. The van der Waals surface area contributed by atoms with Gasteiger partial charge < -0.3 is 9.39 Å². The van der Waals surface area contributed by atoms with Crippen molar-refractivity contribution in [1.82, 2.24) is 14.8 Å². The largest absolute Gasteiger partial charge is 0.555 e. The van der Waals surface area contributed by atoms with Gasteiger partial charge in [0, 0.05) is 16.9 Å². The maximum Gasteiger partial charge on any atom is 0.376 e. The van der Waals surface area contributed by atoms with Gasteiger partial charge in [0.25, 0.3) is 0 Å². The number of nitrogens with zero attached hydrogens (tertiary/aromatic N) is 3. The molecule has 0 aliphatic rings. The summed E-state index contributed by atoms with van der Waals surface area (Å²) in [7, 11) is 7.19. The van der Waals surface area contributed by atoms with E-state index >= 15 is 0 Å². The van der Waals surface area contributed by atoms with Gasteiger partial charge in [0.05, 0.1) is 11.1 Å². The van der Waals surface area contributed by atoms with Crippen LogP contribution < -0.4 is 9.39 Å². The molecule has 0 unspecified atom stereocenters. The zero-order valence-electron chi connectivity index (χ0n) is 14.6. The van der Waals surface area contributed by atoms with Gasteiger partial charge in [-0.05, 0) is 39.7 Å². The molecule has 0 fully saturated rings. The van der Waals surface area contributed by atoms with E-state index in [2.05, 4.69) is 26.0 Å². The Morgan fingerprint density at radius 3 is 2.63 bits per heavy atom. The third-order valence-corrected chi connectivity index (χ3v) is 4.88. The molecule has 0 bridgehead atoms. The Hall–Kier alpha value is -2.80. The lowest BCUT2D eigenvalue weighted by molar-refractivity contribution is 0.293. The zero-order chi connectivity index (χ0) is 18.8. The number of hydrogen-bond acceptors (Lipinski definition) is 4. The highest BCUT2D eigenvalue weighted by atomic mass is 79.9. The number of halogens is 1. The van der Waals surface area contributed by atoms with Gasteiger partial charge in [0.15, 0.2) is 5.88 Å². The number of hydrogen-bond donors (Lipinski definition) is 0. The lowest BCUT2D eigenvalue weighted by atomic mass is 10.1. The van der Waals surface area contributed by atoms with Gasteiger partial charge in [0.1, 0.15) is 12.3 Å². The molecule has 7 heteroatoms. The number of para-hydroxylation sites is 1. The minimum absolute atomic E-state index is 0.281. The first kappa shape index (κ1) is 17.6. The number of fused-ring (bicyclic) bond motifs is 1. The third-order valence-electron chi connectivity index (χ3n) is 4.24. The summed E-state index contributed by atoms with van der Waals surface area (Å²) < 4.78 is 13.6. The molecule has 5 nitrogen and oxygen atoms in total. The standard InChI is InChI=1S/C20H15BBrN3O2/c1-25-19-14(8-5-9-16(19)22)18(24-25)15-10-11-17(27-21)23-20(15)26-12-13-6-3-2-4-7-13/h2-11H,12H2,1H3. The van der Waals surface area contributed by atoms with Gasteiger partial charge in [-0.15, -0.1) is 0 Å². The Morgan fingerprint density at radius 1 is 1.04 bits per heavy atom. The van der Waals surface area contributed by atoms with E-state index in [0.29, 0.717) is 12.5 Å². The Morgan fingerprint density at radius 2 is 1.85 bits per heavy atom. The van der Waals surface area contributed by atoms with E-state index in [1.54, 1.807) is 6.07 Å². The van der Waals surface area contributed by atoms with Gasteiger partial charge in [-0.2, -0.15) is 10.1 Å². The molecule has 2 heterocycles. The average Bonchev–Trinajstić information content (AvgIpc) is 3.04. The smallest absolute Gasteiger partial charge is 0.376 e. The van der Waals surface area contributed by atoms with Crippen molar-refractivity contribution < 1.29 is 9.39 Å². The molecular formula is C20H15BBrN3O2. The Balaban J connectivity index is 1.80. The van der Waals surface area contributed by atoms with E-state index in [0.717, 1.165) is 32.2 Å². The quantitative estimate of drug-likeness (QED) is 0.448. The van der Waals surface area contributed by atoms with Gasteiger partial charge in [0.2, 0.25) is 5.88 Å². The summed E-state index contributed by atoms with van der Waals surface area (Å²) in [6, 6.07) is 19.4. The molecule has 0 N–H and O–H groups in total. The number of aromatic nitrogens is 3. The first-order chi connectivity index (χ1) is 13.2. The van der Waals surface area contributed by atoms with Crippen LogP contribution in [0, 0.1) is 0 Å². The van der Waals surface area contributed by atoms with E-state index in [-0.39, 0.29) is 5.88 Å². The van der Waals surface area contributed by atoms with Crippen molar-refractivity contribution in [2.75, 3.05) is 0 Å². The maximum absolute atomic E-state index is 6.00. The van der Waals surface area contributed by atoms with Crippen molar-refractivity contribution >= 4 is 34.9 Å². The van der Waals surface area contributed by atoms with Crippen molar-refractivity contribution in [3.05, 3.63) is 70.7 Å². The first-order valence-electron chi connectivity index (χ1n) is 8.33. The van der Waals surface area contributed by atoms with E-state index in [9.17, 15) is 0 Å². The first-order valence-corrected chi connectivity index (χ1v) is 9.13. The minimum atomic E-state index is 0.281. The summed E-state index contributed by atoms with van der Waals surface area (Å²) in [6.45, 7) is 0.378. The van der Waals surface area contributed by atoms with E-state index < -0.39 is 0 Å². The zero-order valence-corrected chi connectivity index (χ0v) is 16.2. The fraction of sp³-hybridized carbons (Fsp3) is 0.100. The molecule has 0 amide bonds. The molecule has 4 rings (SSSR count). The Labute approximate surface area is 166 Å². The SMILES string of the molecule is [B]Oc1ccc(-c2nn(C)c3c(Br)cccc23)c(OCc2ccccc2)n1. The molecule has 2 aromatic carbocycles. The molecule has 0 saturated carbocycles. The Kier molecular flexibility index (Phi) is 4.86. The summed E-state index contributed by atoms with van der Waals surface area (Å²) >= 11 is 3.59. The van der Waals surface area contributed by atoms with Gasteiger partial charge in [-0.3, -0.25) is 4.68 Å². The molecule has 27 heavy (non-hydrogen) atoms. The number of ether oxygens (including phenoxy) is 1. The van der Waals surface area contributed by atoms with Crippen LogP contribution in [0.1, 0.15) is 5.56 Å². The number of aryl methyl sites for hydroxylation is 1. The van der Waals surface area contributed by atoms with Crippen molar-refractivity contribution in [2.45, 2.75) is 6.61 Å². The molecule has 132 valence electrons. The summed E-state index contributed by atoms with van der Waals surface area (Å²) in [4.78, 5) is 4.39. The fourth-order valence-electron chi connectivity index (χ4n) is 2.99. The second kappa shape index (κ2) is 7.44. The second-order valence-corrected chi connectivity index (χ2v) is 6.86. The molecule has 0 spiro atoms. The molecule has 0 atom stereocenters. The lowest BCUT2D eigenvalue weighted by Gasteiger charge is -2.11. The molecule has 2 radical (unpaired) electrons. The van der Waals surface area contributed by atoms with Gasteiger partial charge in [-0.1, -0.05) is 42.5 Å². The number of benzene rings is 2. The molecule has 4 aromatic rings. The molecule has 0 aliphatic carbocycles. The summed E-state index contributed by atoms with van der Waals surface area (Å²) in [5.41, 5.74) is 3.60. The Bertz CT molecular complexity index is 1100. The molecule has 2 aromatic heterocycles. The predicted molar refractivity (Wildman–Crippen MR) is 109 cm³/mol.